The predicted octanol–water partition coefficient (Wildman–Crippen LogP) is 2.67. The Balaban J connectivity index is 0.00000176. The fraction of sp³-hybridized carbons (Fsp3) is 0.176. The number of benzene rings is 2. The van der Waals surface area contributed by atoms with Crippen LogP contribution in [-0.2, 0) is 17.6 Å². The number of nitrogens with one attached hydrogen (secondary N) is 1. The summed E-state index contributed by atoms with van der Waals surface area (Å²) in [5.74, 6) is 0.0416. The Morgan fingerprint density at radius 3 is 2.68 bits per heavy atom. The minimum atomic E-state index is -0.503. The second kappa shape index (κ2) is 7.20. The Morgan fingerprint density at radius 1 is 1.18 bits per heavy atom. The molecule has 0 aliphatic heterocycles. The first-order valence-corrected chi connectivity index (χ1v) is 6.95. The van der Waals surface area contributed by atoms with Crippen LogP contribution in [0.3, 0.4) is 0 Å². The third kappa shape index (κ3) is 3.72. The van der Waals surface area contributed by atoms with Gasteiger partial charge in [0.1, 0.15) is 0 Å². The third-order valence-electron chi connectivity index (χ3n) is 3.60. The highest BCUT2D eigenvalue weighted by Gasteiger charge is 2.15. The molecule has 0 aliphatic rings. The molecule has 3 rings (SSSR count). The molecule has 1 aromatic heterocycles. The van der Waals surface area contributed by atoms with Gasteiger partial charge < -0.3 is 10.7 Å². The topological polar surface area (TPSA) is 71.8 Å². The number of ketones is 1. The zero-order chi connectivity index (χ0) is 14.7. The average Bonchev–Trinajstić information content (AvgIpc) is 3.00. The summed E-state index contributed by atoms with van der Waals surface area (Å²) >= 11 is 0. The van der Waals surface area contributed by atoms with E-state index < -0.39 is 6.04 Å². The van der Waals surface area contributed by atoms with E-state index in [9.17, 15) is 4.79 Å². The van der Waals surface area contributed by atoms with Crippen LogP contribution in [0, 0.1) is 0 Å². The molecule has 0 amide bonds. The molecule has 0 aliphatic carbocycles. The lowest BCUT2D eigenvalue weighted by molar-refractivity contribution is -0.119. The molecule has 0 unspecified atom stereocenters. The van der Waals surface area contributed by atoms with Crippen LogP contribution >= 0.6 is 12.4 Å². The number of hydrogen-bond donors (Lipinski definition) is 2. The first-order valence-electron chi connectivity index (χ1n) is 6.95. The van der Waals surface area contributed by atoms with E-state index in [4.69, 9.17) is 5.73 Å². The monoisotopic (exact) mass is 315 g/mol. The summed E-state index contributed by atoms with van der Waals surface area (Å²) in [4.78, 5) is 19.1. The molecular formula is C17H18ClN3O. The lowest BCUT2D eigenvalue weighted by atomic mass is 9.99. The number of aromatic amines is 1. The molecule has 1 atom stereocenters. The Bertz CT molecular complexity index is 755. The van der Waals surface area contributed by atoms with E-state index in [0.29, 0.717) is 12.8 Å². The number of carbonyl (C=O) groups excluding carboxylic acids is 1. The molecule has 0 radical (unpaired) electrons. The molecule has 4 nitrogen and oxygen atoms in total. The maximum atomic E-state index is 12.2. The van der Waals surface area contributed by atoms with E-state index >= 15 is 0 Å². The van der Waals surface area contributed by atoms with E-state index in [1.807, 2.05) is 30.3 Å². The second-order valence-electron chi connectivity index (χ2n) is 5.21. The maximum Gasteiger partial charge on any atom is 0.154 e. The fourth-order valence-corrected chi connectivity index (χ4v) is 2.43. The quantitative estimate of drug-likeness (QED) is 0.760. The number of H-pyrrole nitrogens is 1. The SMILES string of the molecule is Cl.N[C@@H](Cc1cnc[nH]1)C(=O)Cc1ccc2ccccc2c1. The van der Waals surface area contributed by atoms with Gasteiger partial charge in [0.05, 0.1) is 12.4 Å². The molecule has 22 heavy (non-hydrogen) atoms. The van der Waals surface area contributed by atoms with Gasteiger partial charge >= 0.3 is 0 Å². The van der Waals surface area contributed by atoms with Gasteiger partial charge in [-0.25, -0.2) is 4.98 Å². The van der Waals surface area contributed by atoms with Gasteiger partial charge in [0, 0.05) is 24.7 Å². The molecule has 0 saturated heterocycles. The number of carbonyl (C=O) groups is 1. The van der Waals surface area contributed by atoms with Gasteiger partial charge in [0.15, 0.2) is 5.78 Å². The molecule has 5 heteroatoms. The summed E-state index contributed by atoms with van der Waals surface area (Å²) in [6.07, 6.45) is 4.14. The summed E-state index contributed by atoms with van der Waals surface area (Å²) in [6, 6.07) is 13.7. The number of nitrogens with two attached hydrogens (primary N) is 1. The summed E-state index contributed by atoms with van der Waals surface area (Å²) in [7, 11) is 0. The number of halogens is 1. The van der Waals surface area contributed by atoms with Crippen molar-refractivity contribution in [1.29, 1.82) is 0 Å². The second-order valence-corrected chi connectivity index (χ2v) is 5.21. The average molecular weight is 316 g/mol. The third-order valence-corrected chi connectivity index (χ3v) is 3.60. The van der Waals surface area contributed by atoms with Crippen molar-refractivity contribution in [3.8, 4) is 0 Å². The molecule has 0 fully saturated rings. The summed E-state index contributed by atoms with van der Waals surface area (Å²) < 4.78 is 0. The van der Waals surface area contributed by atoms with Gasteiger partial charge in [0.25, 0.3) is 0 Å². The fourth-order valence-electron chi connectivity index (χ4n) is 2.43. The summed E-state index contributed by atoms with van der Waals surface area (Å²) in [5.41, 5.74) is 7.85. The molecular weight excluding hydrogens is 298 g/mol. The number of imidazole rings is 1. The van der Waals surface area contributed by atoms with Crippen LogP contribution in [0.15, 0.2) is 55.0 Å². The molecule has 3 aromatic rings. The molecule has 0 spiro atoms. The van der Waals surface area contributed by atoms with Crippen LogP contribution in [0.5, 0.6) is 0 Å². The van der Waals surface area contributed by atoms with Crippen molar-refractivity contribution in [1.82, 2.24) is 9.97 Å². The van der Waals surface area contributed by atoms with Gasteiger partial charge in [-0.05, 0) is 16.3 Å². The van der Waals surface area contributed by atoms with Crippen molar-refractivity contribution in [2.75, 3.05) is 0 Å². The van der Waals surface area contributed by atoms with Crippen LogP contribution in [0.2, 0.25) is 0 Å². The summed E-state index contributed by atoms with van der Waals surface area (Å²) in [5, 5.41) is 2.32. The highest BCUT2D eigenvalue weighted by Crippen LogP contribution is 2.16. The first-order chi connectivity index (χ1) is 10.2. The van der Waals surface area contributed by atoms with Crippen molar-refractivity contribution in [3.63, 3.8) is 0 Å². The number of hydrogen-bond acceptors (Lipinski definition) is 3. The van der Waals surface area contributed by atoms with Crippen LogP contribution in [0.4, 0.5) is 0 Å². The van der Waals surface area contributed by atoms with Gasteiger partial charge in [-0.15, -0.1) is 12.4 Å². The molecule has 0 saturated carbocycles. The van der Waals surface area contributed by atoms with E-state index in [2.05, 4.69) is 22.1 Å². The first kappa shape index (κ1) is 16.2. The van der Waals surface area contributed by atoms with Crippen molar-refractivity contribution < 1.29 is 4.79 Å². The van der Waals surface area contributed by atoms with Gasteiger partial charge in [-0.3, -0.25) is 4.79 Å². The molecule has 1 heterocycles. The molecule has 114 valence electrons. The van der Waals surface area contributed by atoms with Gasteiger partial charge in [-0.1, -0.05) is 42.5 Å². The zero-order valence-electron chi connectivity index (χ0n) is 12.0. The molecule has 2 aromatic carbocycles. The lowest BCUT2D eigenvalue weighted by Crippen LogP contribution is -2.34. The highest BCUT2D eigenvalue weighted by molar-refractivity contribution is 5.88. The summed E-state index contributed by atoms with van der Waals surface area (Å²) in [6.45, 7) is 0. The van der Waals surface area contributed by atoms with E-state index in [0.717, 1.165) is 16.6 Å². The van der Waals surface area contributed by atoms with Gasteiger partial charge in [0.2, 0.25) is 0 Å². The van der Waals surface area contributed by atoms with Crippen LogP contribution in [0.1, 0.15) is 11.3 Å². The Labute approximate surface area is 135 Å². The Morgan fingerprint density at radius 2 is 1.95 bits per heavy atom. The van der Waals surface area contributed by atoms with Crippen molar-refractivity contribution in [2.24, 2.45) is 5.73 Å². The number of fused-ring (bicyclic) bond motifs is 1. The van der Waals surface area contributed by atoms with Crippen molar-refractivity contribution in [3.05, 3.63) is 66.2 Å². The number of nitrogens with zero attached hydrogens (tertiary/aromatic N) is 1. The maximum absolute atomic E-state index is 12.2. The number of aromatic nitrogens is 2. The smallest absolute Gasteiger partial charge is 0.154 e. The minimum Gasteiger partial charge on any atom is -0.348 e. The van der Waals surface area contributed by atoms with Crippen molar-refractivity contribution >= 4 is 29.0 Å². The minimum absolute atomic E-state index is 0. The van der Waals surface area contributed by atoms with E-state index in [1.165, 1.54) is 5.39 Å². The van der Waals surface area contributed by atoms with Crippen LogP contribution in [-0.4, -0.2) is 21.8 Å². The van der Waals surface area contributed by atoms with Crippen molar-refractivity contribution in [2.45, 2.75) is 18.9 Å². The normalized spacial score (nSPS) is 11.9. The zero-order valence-corrected chi connectivity index (χ0v) is 12.8. The lowest BCUT2D eigenvalue weighted by Gasteiger charge is -2.10. The Hall–Kier alpha value is -2.17. The largest absolute Gasteiger partial charge is 0.348 e. The van der Waals surface area contributed by atoms with E-state index in [-0.39, 0.29) is 18.2 Å². The number of rotatable bonds is 5. The van der Waals surface area contributed by atoms with E-state index in [1.54, 1.807) is 12.5 Å². The Kier molecular flexibility index (Phi) is 5.31. The standard InChI is InChI=1S/C17H17N3O.ClH/c18-16(9-15-10-19-11-20-15)17(21)8-12-5-6-13-3-1-2-4-14(13)7-12;/h1-7,10-11,16H,8-9,18H2,(H,19,20);1H/t16-;/m0./s1. The molecule has 0 bridgehead atoms. The molecule has 3 N–H and O–H groups in total. The van der Waals surface area contributed by atoms with Crippen LogP contribution in [0.25, 0.3) is 10.8 Å². The van der Waals surface area contributed by atoms with Crippen LogP contribution < -0.4 is 5.73 Å². The predicted molar refractivity (Wildman–Crippen MR) is 90.2 cm³/mol. The highest BCUT2D eigenvalue weighted by atomic mass is 35.5. The van der Waals surface area contributed by atoms with Gasteiger partial charge in [-0.2, -0.15) is 0 Å². The number of Topliss-reactive ketones (excluding diaryl/α,β-unsaturated/α-hetero) is 1.